The molecule has 3 unspecified atom stereocenters. The second-order valence-corrected chi connectivity index (χ2v) is 7.61. The van der Waals surface area contributed by atoms with E-state index in [1.54, 1.807) is 12.1 Å². The molecule has 1 fully saturated rings. The maximum atomic E-state index is 11.3. The highest BCUT2D eigenvalue weighted by Crippen LogP contribution is 2.21. The number of rotatable bonds is 4. The Morgan fingerprint density at radius 2 is 1.95 bits per heavy atom. The molecule has 1 heterocycles. The maximum absolute atomic E-state index is 11.3. The van der Waals surface area contributed by atoms with Gasteiger partial charge in [-0.15, -0.1) is 0 Å². The van der Waals surface area contributed by atoms with Crippen LogP contribution in [0.3, 0.4) is 0 Å². The van der Waals surface area contributed by atoms with Gasteiger partial charge in [-0.05, 0) is 58.0 Å². The monoisotopic (exact) mass is 311 g/mol. The summed E-state index contributed by atoms with van der Waals surface area (Å²) in [6.07, 6.45) is 2.27. The third-order valence-electron chi connectivity index (χ3n) is 4.40. The zero-order chi connectivity index (χ0) is 15.6. The number of nitrogens with two attached hydrogens (primary N) is 1. The molecule has 118 valence electrons. The fourth-order valence-corrected chi connectivity index (χ4v) is 3.35. The highest BCUT2D eigenvalue weighted by atomic mass is 32.2. The van der Waals surface area contributed by atoms with Crippen LogP contribution < -0.4 is 10.5 Å². The van der Waals surface area contributed by atoms with Crippen molar-refractivity contribution in [3.8, 4) is 0 Å². The van der Waals surface area contributed by atoms with Crippen LogP contribution in [0.2, 0.25) is 0 Å². The third-order valence-corrected chi connectivity index (χ3v) is 5.33. The quantitative estimate of drug-likeness (QED) is 0.883. The Labute approximate surface area is 127 Å². The van der Waals surface area contributed by atoms with Crippen molar-refractivity contribution in [1.29, 1.82) is 0 Å². The van der Waals surface area contributed by atoms with Gasteiger partial charge in [0.25, 0.3) is 0 Å². The molecule has 6 heteroatoms. The van der Waals surface area contributed by atoms with E-state index in [2.05, 4.69) is 31.1 Å². The van der Waals surface area contributed by atoms with Crippen molar-refractivity contribution in [3.05, 3.63) is 29.8 Å². The largest absolute Gasteiger partial charge is 0.307 e. The van der Waals surface area contributed by atoms with E-state index in [9.17, 15) is 8.42 Å². The molecule has 3 N–H and O–H groups in total. The van der Waals surface area contributed by atoms with Gasteiger partial charge in [0.2, 0.25) is 10.0 Å². The van der Waals surface area contributed by atoms with E-state index in [0.29, 0.717) is 12.1 Å². The van der Waals surface area contributed by atoms with Crippen LogP contribution in [0.1, 0.15) is 38.3 Å². The van der Waals surface area contributed by atoms with E-state index in [0.717, 1.165) is 24.9 Å². The predicted octanol–water partition coefficient (Wildman–Crippen LogP) is 1.47. The first-order valence-corrected chi connectivity index (χ1v) is 8.91. The fraction of sp³-hybridized carbons (Fsp3) is 0.600. The smallest absolute Gasteiger partial charge is 0.238 e. The first kappa shape index (κ1) is 16.4. The van der Waals surface area contributed by atoms with Gasteiger partial charge in [0.05, 0.1) is 4.90 Å². The maximum Gasteiger partial charge on any atom is 0.238 e. The minimum atomic E-state index is -3.61. The SMILES string of the molecule is CC(NC1CCN(C)C(C)C1)c1ccc(S(N)(=O)=O)cc1. The summed E-state index contributed by atoms with van der Waals surface area (Å²) in [6, 6.07) is 8.09. The van der Waals surface area contributed by atoms with Crippen molar-refractivity contribution in [2.45, 2.75) is 49.7 Å². The van der Waals surface area contributed by atoms with Gasteiger partial charge in [-0.1, -0.05) is 12.1 Å². The summed E-state index contributed by atoms with van der Waals surface area (Å²) in [5.74, 6) is 0. The van der Waals surface area contributed by atoms with E-state index >= 15 is 0 Å². The van der Waals surface area contributed by atoms with Gasteiger partial charge in [-0.2, -0.15) is 0 Å². The number of likely N-dealkylation sites (tertiary alicyclic amines) is 1. The van der Waals surface area contributed by atoms with Crippen LogP contribution in [0.4, 0.5) is 0 Å². The molecule has 0 aromatic heterocycles. The lowest BCUT2D eigenvalue weighted by Crippen LogP contribution is -2.46. The summed E-state index contributed by atoms with van der Waals surface area (Å²) in [6.45, 7) is 5.46. The minimum Gasteiger partial charge on any atom is -0.307 e. The van der Waals surface area contributed by atoms with Crippen LogP contribution in [0.5, 0.6) is 0 Å². The molecule has 1 saturated heterocycles. The number of piperidine rings is 1. The molecular formula is C15H25N3O2S. The Bertz CT molecular complexity index is 571. The van der Waals surface area contributed by atoms with Gasteiger partial charge < -0.3 is 10.2 Å². The molecule has 1 aromatic rings. The Morgan fingerprint density at radius 1 is 1.33 bits per heavy atom. The summed E-state index contributed by atoms with van der Waals surface area (Å²) in [5.41, 5.74) is 1.08. The summed E-state index contributed by atoms with van der Waals surface area (Å²) >= 11 is 0. The zero-order valence-electron chi connectivity index (χ0n) is 12.9. The number of sulfonamides is 1. The fourth-order valence-electron chi connectivity index (χ4n) is 2.84. The van der Waals surface area contributed by atoms with E-state index in [4.69, 9.17) is 5.14 Å². The molecular weight excluding hydrogens is 286 g/mol. The molecule has 3 atom stereocenters. The Kier molecular flexibility index (Phi) is 5.03. The lowest BCUT2D eigenvalue weighted by molar-refractivity contribution is 0.163. The molecule has 0 radical (unpaired) electrons. The van der Waals surface area contributed by atoms with Crippen molar-refractivity contribution in [3.63, 3.8) is 0 Å². The van der Waals surface area contributed by atoms with Crippen LogP contribution in [0.25, 0.3) is 0 Å². The third kappa shape index (κ3) is 4.26. The molecule has 0 aliphatic carbocycles. The number of benzene rings is 1. The topological polar surface area (TPSA) is 75.4 Å². The van der Waals surface area contributed by atoms with Crippen molar-refractivity contribution < 1.29 is 8.42 Å². The molecule has 1 aliphatic heterocycles. The van der Waals surface area contributed by atoms with Crippen molar-refractivity contribution in [2.75, 3.05) is 13.6 Å². The first-order chi connectivity index (χ1) is 9.77. The number of primary sulfonamides is 1. The number of nitrogens with zero attached hydrogens (tertiary/aromatic N) is 1. The highest BCUT2D eigenvalue weighted by molar-refractivity contribution is 7.89. The van der Waals surface area contributed by atoms with E-state index in [1.807, 2.05) is 12.1 Å². The molecule has 0 amide bonds. The van der Waals surface area contributed by atoms with Gasteiger partial charge in [-0.3, -0.25) is 0 Å². The van der Waals surface area contributed by atoms with Gasteiger partial charge in [0.15, 0.2) is 0 Å². The second kappa shape index (κ2) is 6.44. The zero-order valence-corrected chi connectivity index (χ0v) is 13.7. The number of hydrogen-bond acceptors (Lipinski definition) is 4. The van der Waals surface area contributed by atoms with Crippen molar-refractivity contribution in [2.24, 2.45) is 5.14 Å². The summed E-state index contributed by atoms with van der Waals surface area (Å²) in [4.78, 5) is 2.54. The summed E-state index contributed by atoms with van der Waals surface area (Å²) in [7, 11) is -1.45. The predicted molar refractivity (Wildman–Crippen MR) is 84.5 cm³/mol. The first-order valence-electron chi connectivity index (χ1n) is 7.36. The van der Waals surface area contributed by atoms with Gasteiger partial charge in [-0.25, -0.2) is 13.6 Å². The van der Waals surface area contributed by atoms with E-state index in [1.165, 1.54) is 0 Å². The standard InChI is InChI=1S/C15H25N3O2S/c1-11-10-14(8-9-18(11)3)17-12(2)13-4-6-15(7-5-13)21(16,19)20/h4-7,11-12,14,17H,8-10H2,1-3H3,(H2,16,19,20). The molecule has 5 nitrogen and oxygen atoms in total. The normalized spacial score (nSPS) is 25.7. The number of hydrogen-bond donors (Lipinski definition) is 2. The average molecular weight is 311 g/mol. The lowest BCUT2D eigenvalue weighted by atomic mass is 9.97. The average Bonchev–Trinajstić information content (AvgIpc) is 2.42. The van der Waals surface area contributed by atoms with E-state index < -0.39 is 10.0 Å². The van der Waals surface area contributed by atoms with Gasteiger partial charge in [0, 0.05) is 18.1 Å². The highest BCUT2D eigenvalue weighted by Gasteiger charge is 2.23. The van der Waals surface area contributed by atoms with Crippen LogP contribution in [0, 0.1) is 0 Å². The molecule has 0 spiro atoms. The van der Waals surface area contributed by atoms with E-state index in [-0.39, 0.29) is 10.9 Å². The van der Waals surface area contributed by atoms with Gasteiger partial charge >= 0.3 is 0 Å². The number of nitrogens with one attached hydrogen (secondary N) is 1. The van der Waals surface area contributed by atoms with Crippen LogP contribution in [0.15, 0.2) is 29.2 Å². The Balaban J connectivity index is 1.99. The van der Waals surface area contributed by atoms with Gasteiger partial charge in [0.1, 0.15) is 0 Å². The molecule has 0 saturated carbocycles. The van der Waals surface area contributed by atoms with Crippen molar-refractivity contribution >= 4 is 10.0 Å². The summed E-state index contributed by atoms with van der Waals surface area (Å²) < 4.78 is 22.5. The second-order valence-electron chi connectivity index (χ2n) is 6.05. The minimum absolute atomic E-state index is 0.159. The Morgan fingerprint density at radius 3 is 2.48 bits per heavy atom. The van der Waals surface area contributed by atoms with Crippen LogP contribution >= 0.6 is 0 Å². The molecule has 0 bridgehead atoms. The lowest BCUT2D eigenvalue weighted by Gasteiger charge is -2.36. The molecule has 1 aliphatic rings. The molecule has 21 heavy (non-hydrogen) atoms. The molecule has 1 aromatic carbocycles. The van der Waals surface area contributed by atoms with Crippen molar-refractivity contribution in [1.82, 2.24) is 10.2 Å². The summed E-state index contributed by atoms with van der Waals surface area (Å²) in [5, 5.41) is 8.75. The Hall–Kier alpha value is -0.950. The van der Waals surface area contributed by atoms with Crippen LogP contribution in [-0.2, 0) is 10.0 Å². The molecule has 2 rings (SSSR count). The van der Waals surface area contributed by atoms with Crippen LogP contribution in [-0.4, -0.2) is 39.0 Å².